The Morgan fingerprint density at radius 3 is 2.38 bits per heavy atom. The maximum absolute atomic E-state index is 5.75. The summed E-state index contributed by atoms with van der Waals surface area (Å²) >= 11 is 0. The molecule has 0 saturated carbocycles. The van der Waals surface area contributed by atoms with Gasteiger partial charge in [-0.05, 0) is 43.1 Å². The van der Waals surface area contributed by atoms with Crippen molar-refractivity contribution in [2.75, 3.05) is 34.4 Å². The van der Waals surface area contributed by atoms with Gasteiger partial charge in [0, 0.05) is 54.3 Å². The molecule has 4 aromatic rings. The Kier molecular flexibility index (Phi) is 7.61. The minimum absolute atomic E-state index is 0.277. The van der Waals surface area contributed by atoms with Gasteiger partial charge >= 0.3 is 0 Å². The highest BCUT2D eigenvalue weighted by Crippen LogP contribution is 2.41. The standard InChI is InChI=1S/C30H32N4O3/c1-35-26-12-11-24(28(36-2)29(26)37-3)20-34-17-7-10-23(19-34)27-25(21-8-5-4-6-9-21)18-32-30(33-27)22-13-15-31-16-14-22/h4-6,8-9,11-16,18,23H,7,10,17,19-20H2,1-3H3. The van der Waals surface area contributed by atoms with E-state index in [2.05, 4.69) is 40.2 Å². The van der Waals surface area contributed by atoms with Crippen LogP contribution in [-0.4, -0.2) is 54.3 Å². The summed E-state index contributed by atoms with van der Waals surface area (Å²) in [5.41, 5.74) is 5.37. The molecule has 1 aliphatic heterocycles. The first-order valence-electron chi connectivity index (χ1n) is 12.5. The van der Waals surface area contributed by atoms with Crippen molar-refractivity contribution in [2.45, 2.75) is 25.3 Å². The van der Waals surface area contributed by atoms with Crippen molar-refractivity contribution in [3.8, 4) is 39.8 Å². The summed E-state index contributed by atoms with van der Waals surface area (Å²) in [5, 5.41) is 0. The molecular weight excluding hydrogens is 464 g/mol. The second-order valence-electron chi connectivity index (χ2n) is 9.16. The molecule has 5 rings (SSSR count). The number of rotatable bonds is 8. The molecule has 1 saturated heterocycles. The lowest BCUT2D eigenvalue weighted by Crippen LogP contribution is -2.34. The second kappa shape index (κ2) is 11.4. The molecule has 0 N–H and O–H groups in total. The maximum atomic E-state index is 5.75. The number of nitrogens with zero attached hydrogens (tertiary/aromatic N) is 4. The number of benzene rings is 2. The Balaban J connectivity index is 1.47. The van der Waals surface area contributed by atoms with E-state index >= 15 is 0 Å². The van der Waals surface area contributed by atoms with E-state index in [1.54, 1.807) is 33.7 Å². The fourth-order valence-corrected chi connectivity index (χ4v) is 5.14. The highest BCUT2D eigenvalue weighted by Gasteiger charge is 2.27. The zero-order chi connectivity index (χ0) is 25.6. The summed E-state index contributed by atoms with van der Waals surface area (Å²) in [6.07, 6.45) is 7.70. The van der Waals surface area contributed by atoms with Gasteiger partial charge in [0.1, 0.15) is 0 Å². The van der Waals surface area contributed by atoms with Crippen LogP contribution in [0, 0.1) is 0 Å². The molecule has 2 aromatic heterocycles. The maximum Gasteiger partial charge on any atom is 0.203 e. The molecule has 0 amide bonds. The van der Waals surface area contributed by atoms with E-state index in [9.17, 15) is 0 Å². The fraction of sp³-hybridized carbons (Fsp3) is 0.300. The molecule has 0 bridgehead atoms. The lowest BCUT2D eigenvalue weighted by Gasteiger charge is -2.33. The Hall–Kier alpha value is -3.97. The minimum atomic E-state index is 0.277. The van der Waals surface area contributed by atoms with E-state index in [0.717, 1.165) is 72.0 Å². The van der Waals surface area contributed by atoms with Crippen molar-refractivity contribution in [1.29, 1.82) is 0 Å². The van der Waals surface area contributed by atoms with Gasteiger partial charge in [-0.2, -0.15) is 0 Å². The first kappa shape index (κ1) is 24.7. The van der Waals surface area contributed by atoms with Gasteiger partial charge in [0.2, 0.25) is 5.75 Å². The topological polar surface area (TPSA) is 69.6 Å². The smallest absolute Gasteiger partial charge is 0.203 e. The van der Waals surface area contributed by atoms with Crippen molar-refractivity contribution in [2.24, 2.45) is 0 Å². The average molecular weight is 497 g/mol. The minimum Gasteiger partial charge on any atom is -0.493 e. The van der Waals surface area contributed by atoms with Crippen LogP contribution in [0.3, 0.4) is 0 Å². The molecule has 2 aromatic carbocycles. The van der Waals surface area contributed by atoms with Gasteiger partial charge in [0.25, 0.3) is 0 Å². The predicted molar refractivity (Wildman–Crippen MR) is 144 cm³/mol. The predicted octanol–water partition coefficient (Wildman–Crippen LogP) is 5.61. The molecule has 190 valence electrons. The number of hydrogen-bond donors (Lipinski definition) is 0. The number of likely N-dealkylation sites (tertiary alicyclic amines) is 1. The van der Waals surface area contributed by atoms with Gasteiger partial charge in [0.05, 0.1) is 27.0 Å². The summed E-state index contributed by atoms with van der Waals surface area (Å²) in [5.74, 6) is 3.02. The van der Waals surface area contributed by atoms with Crippen LogP contribution < -0.4 is 14.2 Å². The van der Waals surface area contributed by atoms with Crippen molar-refractivity contribution in [1.82, 2.24) is 19.9 Å². The third-order valence-corrected chi connectivity index (χ3v) is 6.91. The number of methoxy groups -OCH3 is 3. The number of hydrogen-bond acceptors (Lipinski definition) is 7. The van der Waals surface area contributed by atoms with E-state index < -0.39 is 0 Å². The van der Waals surface area contributed by atoms with Crippen LogP contribution in [0.5, 0.6) is 17.2 Å². The van der Waals surface area contributed by atoms with Gasteiger partial charge in [-0.3, -0.25) is 9.88 Å². The van der Waals surface area contributed by atoms with E-state index in [1.807, 2.05) is 30.5 Å². The van der Waals surface area contributed by atoms with Crippen molar-refractivity contribution in [3.63, 3.8) is 0 Å². The molecule has 37 heavy (non-hydrogen) atoms. The average Bonchev–Trinajstić information content (AvgIpc) is 2.97. The number of piperidine rings is 1. The van der Waals surface area contributed by atoms with Crippen LogP contribution in [0.1, 0.15) is 30.0 Å². The zero-order valence-electron chi connectivity index (χ0n) is 21.6. The fourth-order valence-electron chi connectivity index (χ4n) is 5.14. The molecule has 0 spiro atoms. The first-order chi connectivity index (χ1) is 18.2. The number of pyridine rings is 1. The first-order valence-corrected chi connectivity index (χ1v) is 12.5. The van der Waals surface area contributed by atoms with Crippen LogP contribution in [0.4, 0.5) is 0 Å². The molecule has 1 atom stereocenters. The molecule has 1 unspecified atom stereocenters. The molecule has 7 nitrogen and oxygen atoms in total. The van der Waals surface area contributed by atoms with Gasteiger partial charge in [0.15, 0.2) is 17.3 Å². The van der Waals surface area contributed by atoms with Crippen LogP contribution in [-0.2, 0) is 6.54 Å². The quantitative estimate of drug-likeness (QED) is 0.314. The Labute approximate surface area is 218 Å². The van der Waals surface area contributed by atoms with Gasteiger partial charge in [-0.25, -0.2) is 9.97 Å². The highest BCUT2D eigenvalue weighted by molar-refractivity contribution is 5.68. The van der Waals surface area contributed by atoms with E-state index in [1.165, 1.54) is 0 Å². The van der Waals surface area contributed by atoms with Crippen LogP contribution in [0.2, 0.25) is 0 Å². The molecule has 7 heteroatoms. The highest BCUT2D eigenvalue weighted by atomic mass is 16.5. The second-order valence-corrected chi connectivity index (χ2v) is 9.16. The van der Waals surface area contributed by atoms with E-state index in [-0.39, 0.29) is 5.92 Å². The summed E-state index contributed by atoms with van der Waals surface area (Å²) in [7, 11) is 4.95. The third kappa shape index (κ3) is 5.27. The SMILES string of the molecule is COc1ccc(CN2CCCC(c3nc(-c4ccncc4)ncc3-c3ccccc3)C2)c(OC)c1OC. The molecule has 0 aliphatic carbocycles. The van der Waals surface area contributed by atoms with Crippen molar-refractivity contribution >= 4 is 0 Å². The molecule has 0 radical (unpaired) electrons. The van der Waals surface area contributed by atoms with Crippen LogP contribution >= 0.6 is 0 Å². The lowest BCUT2D eigenvalue weighted by molar-refractivity contribution is 0.195. The lowest BCUT2D eigenvalue weighted by atomic mass is 9.89. The molecule has 3 heterocycles. The van der Waals surface area contributed by atoms with Crippen LogP contribution in [0.15, 0.2) is 73.2 Å². The summed E-state index contributed by atoms with van der Waals surface area (Å²) < 4.78 is 16.8. The largest absolute Gasteiger partial charge is 0.493 e. The Morgan fingerprint density at radius 2 is 1.65 bits per heavy atom. The molecule has 1 aliphatic rings. The van der Waals surface area contributed by atoms with E-state index in [4.69, 9.17) is 24.2 Å². The van der Waals surface area contributed by atoms with Gasteiger partial charge in [-0.15, -0.1) is 0 Å². The number of ether oxygens (including phenoxy) is 3. The Bertz CT molecular complexity index is 1330. The Morgan fingerprint density at radius 1 is 0.865 bits per heavy atom. The summed E-state index contributed by atoms with van der Waals surface area (Å²) in [6.45, 7) is 2.66. The van der Waals surface area contributed by atoms with Crippen molar-refractivity contribution < 1.29 is 14.2 Å². The van der Waals surface area contributed by atoms with Crippen molar-refractivity contribution in [3.05, 3.63) is 84.4 Å². The summed E-state index contributed by atoms with van der Waals surface area (Å²) in [6, 6.07) is 18.3. The number of aromatic nitrogens is 3. The van der Waals surface area contributed by atoms with E-state index in [0.29, 0.717) is 11.5 Å². The van der Waals surface area contributed by atoms with Crippen LogP contribution in [0.25, 0.3) is 22.5 Å². The zero-order valence-corrected chi connectivity index (χ0v) is 21.6. The van der Waals surface area contributed by atoms with Gasteiger partial charge < -0.3 is 14.2 Å². The monoisotopic (exact) mass is 496 g/mol. The normalized spacial score (nSPS) is 15.8. The molecule has 1 fully saturated rings. The third-order valence-electron chi connectivity index (χ3n) is 6.91. The molecular formula is C30H32N4O3. The van der Waals surface area contributed by atoms with Gasteiger partial charge in [-0.1, -0.05) is 36.4 Å². The summed E-state index contributed by atoms with van der Waals surface area (Å²) in [4.78, 5) is 16.5.